The summed E-state index contributed by atoms with van der Waals surface area (Å²) in [6, 6.07) is 13.9. The number of hydrogen-bond donors (Lipinski definition) is 0. The van der Waals surface area contributed by atoms with Crippen LogP contribution in [0, 0.1) is 0 Å². The molecular formula is C16H16N2O. The number of fused-ring (bicyclic) bond motifs is 1. The van der Waals surface area contributed by atoms with Gasteiger partial charge in [0.05, 0.1) is 6.04 Å². The van der Waals surface area contributed by atoms with E-state index < -0.39 is 0 Å². The number of aromatic nitrogens is 1. The van der Waals surface area contributed by atoms with Gasteiger partial charge in [0, 0.05) is 12.7 Å². The third-order valence-corrected chi connectivity index (χ3v) is 3.74. The van der Waals surface area contributed by atoms with E-state index in [0.717, 1.165) is 13.0 Å². The molecule has 0 fully saturated rings. The lowest BCUT2D eigenvalue weighted by Crippen LogP contribution is -2.39. The zero-order chi connectivity index (χ0) is 13.2. The van der Waals surface area contributed by atoms with E-state index in [-0.39, 0.29) is 11.9 Å². The highest BCUT2D eigenvalue weighted by atomic mass is 16.2. The van der Waals surface area contributed by atoms with E-state index in [1.807, 2.05) is 23.1 Å². The molecule has 2 heterocycles. The van der Waals surface area contributed by atoms with E-state index in [4.69, 9.17) is 0 Å². The van der Waals surface area contributed by atoms with Crippen LogP contribution in [0.2, 0.25) is 0 Å². The number of pyridine rings is 1. The van der Waals surface area contributed by atoms with Gasteiger partial charge in [-0.2, -0.15) is 0 Å². The summed E-state index contributed by atoms with van der Waals surface area (Å²) in [4.78, 5) is 18.5. The van der Waals surface area contributed by atoms with Crippen LogP contribution in [0.4, 0.5) is 0 Å². The summed E-state index contributed by atoms with van der Waals surface area (Å²) in [5, 5.41) is 0. The third kappa shape index (κ3) is 2.12. The summed E-state index contributed by atoms with van der Waals surface area (Å²) >= 11 is 0. The van der Waals surface area contributed by atoms with E-state index in [1.54, 1.807) is 12.3 Å². The molecule has 3 heteroatoms. The molecule has 0 radical (unpaired) electrons. The predicted molar refractivity (Wildman–Crippen MR) is 73.8 cm³/mol. The molecule has 1 aromatic carbocycles. The van der Waals surface area contributed by atoms with Crippen molar-refractivity contribution < 1.29 is 4.79 Å². The molecule has 0 spiro atoms. The fraction of sp³-hybridized carbons (Fsp3) is 0.250. The molecule has 19 heavy (non-hydrogen) atoms. The summed E-state index contributed by atoms with van der Waals surface area (Å²) in [6.45, 7) is 2.84. The van der Waals surface area contributed by atoms with Crippen molar-refractivity contribution in [1.82, 2.24) is 9.88 Å². The van der Waals surface area contributed by atoms with Crippen LogP contribution in [0.3, 0.4) is 0 Å². The highest BCUT2D eigenvalue weighted by Gasteiger charge is 2.28. The van der Waals surface area contributed by atoms with E-state index >= 15 is 0 Å². The molecule has 1 atom stereocenters. The smallest absolute Gasteiger partial charge is 0.272 e. The first-order chi connectivity index (χ1) is 9.27. The zero-order valence-electron chi connectivity index (χ0n) is 10.9. The summed E-state index contributed by atoms with van der Waals surface area (Å²) in [5.74, 6) is 0.0163. The fourth-order valence-corrected chi connectivity index (χ4v) is 2.69. The molecule has 0 N–H and O–H groups in total. The monoisotopic (exact) mass is 252 g/mol. The van der Waals surface area contributed by atoms with Gasteiger partial charge < -0.3 is 4.90 Å². The minimum atomic E-state index is 0.0163. The quantitative estimate of drug-likeness (QED) is 0.782. The van der Waals surface area contributed by atoms with Gasteiger partial charge in [0.2, 0.25) is 0 Å². The lowest BCUT2D eigenvalue weighted by Gasteiger charge is -2.35. The van der Waals surface area contributed by atoms with Crippen molar-refractivity contribution in [3.8, 4) is 0 Å². The normalized spacial score (nSPS) is 17.9. The van der Waals surface area contributed by atoms with Crippen LogP contribution < -0.4 is 0 Å². The molecule has 0 aliphatic carbocycles. The number of amides is 1. The van der Waals surface area contributed by atoms with Gasteiger partial charge >= 0.3 is 0 Å². The van der Waals surface area contributed by atoms with Crippen LogP contribution in [0.1, 0.15) is 34.6 Å². The first-order valence-electron chi connectivity index (χ1n) is 6.57. The van der Waals surface area contributed by atoms with Crippen LogP contribution >= 0.6 is 0 Å². The van der Waals surface area contributed by atoms with Crippen molar-refractivity contribution in [3.05, 3.63) is 65.5 Å². The number of nitrogens with zero attached hydrogens (tertiary/aromatic N) is 2. The summed E-state index contributed by atoms with van der Waals surface area (Å²) in [5.41, 5.74) is 3.12. The van der Waals surface area contributed by atoms with E-state index in [9.17, 15) is 4.79 Å². The lowest BCUT2D eigenvalue weighted by atomic mass is 9.93. The molecule has 1 aromatic heterocycles. The van der Waals surface area contributed by atoms with Gasteiger partial charge in [-0.25, -0.2) is 0 Å². The van der Waals surface area contributed by atoms with Crippen LogP contribution in [-0.2, 0) is 6.42 Å². The Morgan fingerprint density at radius 1 is 1.21 bits per heavy atom. The minimum absolute atomic E-state index is 0.0163. The zero-order valence-corrected chi connectivity index (χ0v) is 10.9. The Labute approximate surface area is 112 Å². The predicted octanol–water partition coefficient (Wildman–Crippen LogP) is 2.84. The van der Waals surface area contributed by atoms with Gasteiger partial charge in [0.1, 0.15) is 5.69 Å². The van der Waals surface area contributed by atoms with E-state index in [1.165, 1.54) is 11.1 Å². The SMILES string of the molecule is CC1c2ccccc2CCN1C(=O)c1ccccn1. The molecule has 1 unspecified atom stereocenters. The highest BCUT2D eigenvalue weighted by Crippen LogP contribution is 2.29. The maximum absolute atomic E-state index is 12.5. The average molecular weight is 252 g/mol. The Kier molecular flexibility index (Phi) is 3.03. The maximum Gasteiger partial charge on any atom is 0.272 e. The number of carbonyl (C=O) groups excluding carboxylic acids is 1. The second kappa shape index (κ2) is 4.84. The maximum atomic E-state index is 12.5. The summed E-state index contributed by atoms with van der Waals surface area (Å²) in [7, 11) is 0. The van der Waals surface area contributed by atoms with Crippen LogP contribution in [-0.4, -0.2) is 22.3 Å². The van der Waals surface area contributed by atoms with Crippen molar-refractivity contribution in [3.63, 3.8) is 0 Å². The van der Waals surface area contributed by atoms with Gasteiger partial charge in [0.25, 0.3) is 5.91 Å². The molecule has 1 aliphatic heterocycles. The van der Waals surface area contributed by atoms with Crippen molar-refractivity contribution in [1.29, 1.82) is 0 Å². The second-order valence-electron chi connectivity index (χ2n) is 4.84. The highest BCUT2D eigenvalue weighted by molar-refractivity contribution is 5.92. The number of rotatable bonds is 1. The first kappa shape index (κ1) is 11.9. The number of benzene rings is 1. The van der Waals surface area contributed by atoms with Crippen molar-refractivity contribution in [2.45, 2.75) is 19.4 Å². The van der Waals surface area contributed by atoms with Gasteiger partial charge in [-0.1, -0.05) is 30.3 Å². The third-order valence-electron chi connectivity index (χ3n) is 3.74. The van der Waals surface area contributed by atoms with Gasteiger partial charge in [-0.15, -0.1) is 0 Å². The molecule has 0 saturated carbocycles. The Balaban J connectivity index is 1.90. The Bertz CT molecular complexity index is 595. The number of carbonyl (C=O) groups is 1. The van der Waals surface area contributed by atoms with E-state index in [2.05, 4.69) is 30.1 Å². The van der Waals surface area contributed by atoms with Crippen LogP contribution in [0.15, 0.2) is 48.7 Å². The fourth-order valence-electron chi connectivity index (χ4n) is 2.69. The molecule has 2 aromatic rings. The topological polar surface area (TPSA) is 33.2 Å². The molecule has 0 saturated heterocycles. The average Bonchev–Trinajstić information content (AvgIpc) is 2.48. The summed E-state index contributed by atoms with van der Waals surface area (Å²) < 4.78 is 0. The molecule has 3 nitrogen and oxygen atoms in total. The summed E-state index contributed by atoms with van der Waals surface area (Å²) in [6.07, 6.45) is 2.58. The molecule has 0 bridgehead atoms. The van der Waals surface area contributed by atoms with Gasteiger partial charge in [-0.05, 0) is 36.6 Å². The van der Waals surface area contributed by atoms with Crippen molar-refractivity contribution >= 4 is 5.91 Å². The molecule has 3 rings (SSSR count). The van der Waals surface area contributed by atoms with Crippen LogP contribution in [0.25, 0.3) is 0 Å². The Morgan fingerprint density at radius 3 is 2.79 bits per heavy atom. The molecular weight excluding hydrogens is 236 g/mol. The second-order valence-corrected chi connectivity index (χ2v) is 4.84. The van der Waals surface area contributed by atoms with Crippen LogP contribution in [0.5, 0.6) is 0 Å². The molecule has 1 amide bonds. The standard InChI is InChI=1S/C16H16N2O/c1-12-14-7-3-2-6-13(14)9-11-18(12)16(19)15-8-4-5-10-17-15/h2-8,10,12H,9,11H2,1H3. The minimum Gasteiger partial charge on any atom is -0.330 e. The molecule has 1 aliphatic rings. The van der Waals surface area contributed by atoms with E-state index in [0.29, 0.717) is 5.69 Å². The lowest BCUT2D eigenvalue weighted by molar-refractivity contribution is 0.0671. The number of hydrogen-bond acceptors (Lipinski definition) is 2. The Morgan fingerprint density at radius 2 is 2.00 bits per heavy atom. The van der Waals surface area contributed by atoms with Crippen molar-refractivity contribution in [2.75, 3.05) is 6.54 Å². The van der Waals surface area contributed by atoms with Gasteiger partial charge in [0.15, 0.2) is 0 Å². The first-order valence-corrected chi connectivity index (χ1v) is 6.57. The van der Waals surface area contributed by atoms with Gasteiger partial charge in [-0.3, -0.25) is 9.78 Å². The Hall–Kier alpha value is -2.16. The largest absolute Gasteiger partial charge is 0.330 e. The molecule has 96 valence electrons. The van der Waals surface area contributed by atoms with Crippen molar-refractivity contribution in [2.24, 2.45) is 0 Å².